The van der Waals surface area contributed by atoms with Gasteiger partial charge in [0, 0.05) is 37.8 Å². The van der Waals surface area contributed by atoms with Gasteiger partial charge in [-0.05, 0) is 60.9 Å². The summed E-state index contributed by atoms with van der Waals surface area (Å²) < 4.78 is 68.1. The number of hydrogen-bond donors (Lipinski definition) is 3. The number of nitrogens with zero attached hydrogens (tertiary/aromatic N) is 3. The number of benzene rings is 2. The molecule has 1 saturated heterocycles. The summed E-state index contributed by atoms with van der Waals surface area (Å²) in [5, 5.41) is 9.48. The van der Waals surface area contributed by atoms with Gasteiger partial charge in [0.05, 0.1) is 17.9 Å². The predicted octanol–water partition coefficient (Wildman–Crippen LogP) is 4.66. The Morgan fingerprint density at radius 3 is 2.68 bits per heavy atom. The molecule has 236 valence electrons. The lowest BCUT2D eigenvalue weighted by Crippen LogP contribution is -2.48. The van der Waals surface area contributed by atoms with Gasteiger partial charge in [-0.15, -0.1) is 0 Å². The van der Waals surface area contributed by atoms with E-state index in [0.29, 0.717) is 55.6 Å². The van der Waals surface area contributed by atoms with E-state index in [1.165, 1.54) is 6.07 Å². The maximum atomic E-state index is 14.4. The molecule has 0 bridgehead atoms. The zero-order valence-electron chi connectivity index (χ0n) is 24.3. The fourth-order valence-electron chi connectivity index (χ4n) is 5.98. The number of para-hydroxylation sites is 1. The number of amides is 2. The first kappa shape index (κ1) is 31.6. The fourth-order valence-corrected chi connectivity index (χ4v) is 5.98. The van der Waals surface area contributed by atoms with Crippen LogP contribution in [0.25, 0.3) is 5.69 Å². The topological polar surface area (TPSA) is 91.3 Å². The molecule has 2 aromatic carbocycles. The molecule has 13 heteroatoms. The Labute approximate surface area is 252 Å². The number of carbonyl (C=O) groups excluding carboxylic acids is 2. The first-order valence-electron chi connectivity index (χ1n) is 14.8. The molecule has 3 atom stereocenters. The number of alkyl halides is 3. The van der Waals surface area contributed by atoms with Crippen molar-refractivity contribution in [3.05, 3.63) is 77.2 Å². The second kappa shape index (κ2) is 13.4. The molecule has 1 aliphatic heterocycles. The number of rotatable bonds is 10. The van der Waals surface area contributed by atoms with Gasteiger partial charge in [-0.25, -0.2) is 13.8 Å². The molecular weight excluding hydrogens is 583 g/mol. The Morgan fingerprint density at radius 2 is 1.91 bits per heavy atom. The molecule has 44 heavy (non-hydrogen) atoms. The van der Waals surface area contributed by atoms with Crippen molar-refractivity contribution in [2.24, 2.45) is 0 Å². The highest BCUT2D eigenvalue weighted by atomic mass is 19.4. The standard InChI is InChI=1S/C31H35F5N6O2/c1-2-5-26(39-22-9-8-19-12-21(32)13-25(33)24(19)14-22)29(43)40-28-17-42(18-38-28)27-7-4-3-6-20(27)15-37-23-10-11-41(16-23)30(44)31(34,35)36/h3-4,6-7,12-13,17-18,22-23,26,37,39H,2,5,8-11,14-16H2,1H3,(H,40,43)/t22-,23?,26-/m0/s1. The van der Waals surface area contributed by atoms with Crippen molar-refractivity contribution in [3.8, 4) is 5.69 Å². The number of nitrogens with one attached hydrogen (secondary N) is 3. The number of likely N-dealkylation sites (tertiary alicyclic amines) is 1. The largest absolute Gasteiger partial charge is 0.471 e. The fraction of sp³-hybridized carbons (Fsp3) is 0.452. The van der Waals surface area contributed by atoms with Crippen molar-refractivity contribution in [2.45, 2.75) is 76.3 Å². The minimum Gasteiger partial charge on any atom is -0.333 e. The summed E-state index contributed by atoms with van der Waals surface area (Å²) in [5.74, 6) is -2.89. The Hall–Kier alpha value is -3.84. The van der Waals surface area contributed by atoms with Crippen molar-refractivity contribution in [1.82, 2.24) is 25.1 Å². The molecule has 5 rings (SSSR count). The molecule has 1 unspecified atom stereocenters. The van der Waals surface area contributed by atoms with E-state index in [4.69, 9.17) is 0 Å². The minimum atomic E-state index is -4.88. The maximum absolute atomic E-state index is 14.4. The van der Waals surface area contributed by atoms with E-state index in [2.05, 4.69) is 20.9 Å². The van der Waals surface area contributed by atoms with Crippen molar-refractivity contribution in [1.29, 1.82) is 0 Å². The van der Waals surface area contributed by atoms with E-state index in [0.717, 1.165) is 28.6 Å². The van der Waals surface area contributed by atoms with E-state index in [-0.39, 0.29) is 31.1 Å². The highest BCUT2D eigenvalue weighted by molar-refractivity contribution is 5.94. The Bertz CT molecular complexity index is 1490. The maximum Gasteiger partial charge on any atom is 0.471 e. The molecule has 0 radical (unpaired) electrons. The number of fused-ring (bicyclic) bond motifs is 1. The average molecular weight is 619 g/mol. The first-order chi connectivity index (χ1) is 21.0. The van der Waals surface area contributed by atoms with Gasteiger partial charge >= 0.3 is 12.1 Å². The van der Waals surface area contributed by atoms with Crippen LogP contribution in [0.4, 0.5) is 27.8 Å². The number of halogens is 5. The molecule has 0 saturated carbocycles. The molecule has 1 aliphatic carbocycles. The molecular formula is C31H35F5N6O2. The van der Waals surface area contributed by atoms with E-state index < -0.39 is 29.8 Å². The molecule has 2 heterocycles. The summed E-state index contributed by atoms with van der Waals surface area (Å²) in [4.78, 5) is 30.0. The number of aryl methyl sites for hydroxylation is 1. The van der Waals surface area contributed by atoms with Crippen LogP contribution in [0.5, 0.6) is 0 Å². The molecule has 0 spiro atoms. The van der Waals surface area contributed by atoms with Crippen LogP contribution in [0.15, 0.2) is 48.9 Å². The highest BCUT2D eigenvalue weighted by Crippen LogP contribution is 2.26. The zero-order valence-corrected chi connectivity index (χ0v) is 24.3. The van der Waals surface area contributed by atoms with Crippen LogP contribution in [0, 0.1) is 11.6 Å². The van der Waals surface area contributed by atoms with Gasteiger partial charge < -0.3 is 25.4 Å². The molecule has 2 amide bonds. The normalized spacial score (nSPS) is 19.1. The second-order valence-corrected chi connectivity index (χ2v) is 11.4. The third-order valence-corrected chi connectivity index (χ3v) is 8.20. The van der Waals surface area contributed by atoms with Crippen LogP contribution < -0.4 is 16.0 Å². The zero-order chi connectivity index (χ0) is 31.4. The first-order valence-corrected chi connectivity index (χ1v) is 14.8. The summed E-state index contributed by atoms with van der Waals surface area (Å²) in [6, 6.07) is 8.76. The van der Waals surface area contributed by atoms with Gasteiger partial charge in [0.25, 0.3) is 0 Å². The van der Waals surface area contributed by atoms with Crippen molar-refractivity contribution in [3.63, 3.8) is 0 Å². The summed E-state index contributed by atoms with van der Waals surface area (Å²) in [5.41, 5.74) is 2.79. The number of carbonyl (C=O) groups is 2. The second-order valence-electron chi connectivity index (χ2n) is 11.4. The van der Waals surface area contributed by atoms with Gasteiger partial charge in [-0.3, -0.25) is 9.59 Å². The Kier molecular flexibility index (Phi) is 9.64. The molecule has 1 aromatic heterocycles. The van der Waals surface area contributed by atoms with Crippen molar-refractivity contribution >= 4 is 17.6 Å². The average Bonchev–Trinajstić information content (AvgIpc) is 3.65. The SMILES string of the molecule is CCC[C@H](N[C@H]1CCc2cc(F)cc(F)c2C1)C(=O)Nc1cn(-c2ccccc2CNC2CCN(C(=O)C(F)(F)F)C2)cn1. The van der Waals surface area contributed by atoms with Crippen LogP contribution in [0.3, 0.4) is 0 Å². The van der Waals surface area contributed by atoms with E-state index in [1.807, 2.05) is 31.2 Å². The molecule has 3 aromatic rings. The molecule has 8 nitrogen and oxygen atoms in total. The smallest absolute Gasteiger partial charge is 0.333 e. The summed E-state index contributed by atoms with van der Waals surface area (Å²) in [6.45, 7) is 2.35. The number of aromatic nitrogens is 2. The quantitative estimate of drug-likeness (QED) is 0.288. The molecule has 1 fully saturated rings. The van der Waals surface area contributed by atoms with Gasteiger partial charge in [0.15, 0.2) is 5.82 Å². The van der Waals surface area contributed by atoms with Gasteiger partial charge in [-0.1, -0.05) is 31.5 Å². The van der Waals surface area contributed by atoms with E-state index in [1.54, 1.807) is 17.1 Å². The lowest BCUT2D eigenvalue weighted by molar-refractivity contribution is -0.184. The van der Waals surface area contributed by atoms with E-state index >= 15 is 0 Å². The van der Waals surface area contributed by atoms with Gasteiger partial charge in [-0.2, -0.15) is 13.2 Å². The van der Waals surface area contributed by atoms with Crippen LogP contribution in [0.1, 0.15) is 49.3 Å². The van der Waals surface area contributed by atoms with Crippen LogP contribution in [-0.2, 0) is 29.0 Å². The number of hydrogen-bond acceptors (Lipinski definition) is 5. The Balaban J connectivity index is 1.19. The van der Waals surface area contributed by atoms with Gasteiger partial charge in [0.2, 0.25) is 5.91 Å². The van der Waals surface area contributed by atoms with Crippen LogP contribution in [-0.4, -0.2) is 63.7 Å². The van der Waals surface area contributed by atoms with Gasteiger partial charge in [0.1, 0.15) is 18.0 Å². The molecule has 3 N–H and O–H groups in total. The summed E-state index contributed by atoms with van der Waals surface area (Å²) in [7, 11) is 0. The summed E-state index contributed by atoms with van der Waals surface area (Å²) in [6.07, 6.45) is 1.62. The predicted molar refractivity (Wildman–Crippen MR) is 154 cm³/mol. The summed E-state index contributed by atoms with van der Waals surface area (Å²) >= 11 is 0. The third-order valence-electron chi connectivity index (χ3n) is 8.20. The number of anilines is 1. The monoisotopic (exact) mass is 618 g/mol. The Morgan fingerprint density at radius 1 is 1.11 bits per heavy atom. The van der Waals surface area contributed by atoms with Crippen LogP contribution in [0.2, 0.25) is 0 Å². The highest BCUT2D eigenvalue weighted by Gasteiger charge is 2.44. The lowest BCUT2D eigenvalue weighted by atomic mass is 9.87. The lowest BCUT2D eigenvalue weighted by Gasteiger charge is -2.29. The third kappa shape index (κ3) is 7.44. The van der Waals surface area contributed by atoms with E-state index in [9.17, 15) is 31.5 Å². The van der Waals surface area contributed by atoms with Crippen molar-refractivity contribution in [2.75, 3.05) is 18.4 Å². The molecule has 2 aliphatic rings. The number of imidazole rings is 1. The minimum absolute atomic E-state index is 0.0183. The van der Waals surface area contributed by atoms with Crippen molar-refractivity contribution < 1.29 is 31.5 Å². The van der Waals surface area contributed by atoms with Crippen LogP contribution >= 0.6 is 0 Å².